The van der Waals surface area contributed by atoms with E-state index < -0.39 is 5.97 Å². The summed E-state index contributed by atoms with van der Waals surface area (Å²) in [5, 5.41) is 2.46. The molecule has 0 saturated carbocycles. The second-order valence-electron chi connectivity index (χ2n) is 6.08. The van der Waals surface area contributed by atoms with Crippen molar-refractivity contribution in [2.24, 2.45) is 5.41 Å². The monoisotopic (exact) mass is 315 g/mol. The molecule has 23 heavy (non-hydrogen) atoms. The number of hydrogen-bond acceptors (Lipinski definition) is 4. The molecule has 3 aliphatic rings. The first-order chi connectivity index (χ1) is 11.1. The Balaban J connectivity index is 1.73. The number of amides is 1. The number of hydrogen-bond donors (Lipinski definition) is 1. The van der Waals surface area contributed by atoms with Gasteiger partial charge in [0.05, 0.1) is 19.8 Å². The van der Waals surface area contributed by atoms with Gasteiger partial charge in [-0.25, -0.2) is 0 Å². The van der Waals surface area contributed by atoms with Crippen LogP contribution in [0.2, 0.25) is 0 Å². The van der Waals surface area contributed by atoms with Crippen LogP contribution in [0.25, 0.3) is 0 Å². The topological polar surface area (TPSA) is 56.8 Å². The maximum Gasteiger partial charge on any atom is 0.312 e. The first kappa shape index (κ1) is 16.0. The third kappa shape index (κ3) is 3.11. The van der Waals surface area contributed by atoms with Crippen molar-refractivity contribution >= 4 is 5.91 Å². The van der Waals surface area contributed by atoms with Crippen molar-refractivity contribution in [3.05, 3.63) is 35.4 Å². The predicted octanol–water partition coefficient (Wildman–Crippen LogP) is 1.76. The van der Waals surface area contributed by atoms with Crippen LogP contribution in [-0.4, -0.2) is 32.8 Å². The van der Waals surface area contributed by atoms with Crippen LogP contribution in [0.5, 0.6) is 0 Å². The predicted molar refractivity (Wildman–Crippen MR) is 84.3 cm³/mol. The zero-order valence-corrected chi connectivity index (χ0v) is 13.5. The zero-order valence-electron chi connectivity index (χ0n) is 13.5. The van der Waals surface area contributed by atoms with Crippen LogP contribution >= 0.6 is 0 Å². The Kier molecular flexibility index (Phi) is 4.40. The molecular formula is C18H21NO4. The number of carbonyl (C=O) groups excluding carboxylic acids is 1. The molecule has 0 radical (unpaired) electrons. The van der Waals surface area contributed by atoms with Gasteiger partial charge in [-0.15, -0.1) is 0 Å². The third-order valence-electron chi connectivity index (χ3n) is 4.27. The lowest BCUT2D eigenvalue weighted by atomic mass is 9.83. The van der Waals surface area contributed by atoms with E-state index in [-0.39, 0.29) is 11.3 Å². The number of rotatable bonds is 3. The van der Waals surface area contributed by atoms with Gasteiger partial charge in [0, 0.05) is 29.5 Å². The highest BCUT2D eigenvalue weighted by molar-refractivity contribution is 5.93. The van der Waals surface area contributed by atoms with E-state index in [1.54, 1.807) is 7.05 Å². The van der Waals surface area contributed by atoms with Gasteiger partial charge in [0.15, 0.2) is 0 Å². The molecule has 0 atom stereocenters. The molecule has 5 nitrogen and oxygen atoms in total. The standard InChI is InChI=1S/C18H21NO4/c1-3-10-17-11-21-18(22-12-17,23-13-17)15-7-4-14(5-8-15)6-9-16(20)19-2/h4-5,7-8H,3,10-13H2,1-2H3,(H,19,20). The fraction of sp³-hybridized carbons (Fsp3) is 0.500. The molecular weight excluding hydrogens is 294 g/mol. The van der Waals surface area contributed by atoms with Crippen molar-refractivity contribution in [1.29, 1.82) is 0 Å². The number of ether oxygens (including phenoxy) is 3. The molecule has 3 saturated heterocycles. The second-order valence-corrected chi connectivity index (χ2v) is 6.08. The average Bonchev–Trinajstić information content (AvgIpc) is 2.62. The fourth-order valence-electron chi connectivity index (χ4n) is 2.94. The second kappa shape index (κ2) is 6.32. The minimum atomic E-state index is -1.09. The lowest BCUT2D eigenvalue weighted by Gasteiger charge is -2.51. The average molecular weight is 315 g/mol. The van der Waals surface area contributed by atoms with Crippen LogP contribution < -0.4 is 5.32 Å². The van der Waals surface area contributed by atoms with E-state index in [1.807, 2.05) is 24.3 Å². The summed E-state index contributed by atoms with van der Waals surface area (Å²) in [5.74, 6) is 3.90. The summed E-state index contributed by atoms with van der Waals surface area (Å²) in [5.41, 5.74) is 1.56. The van der Waals surface area contributed by atoms with E-state index in [1.165, 1.54) is 0 Å². The normalized spacial score (nSPS) is 28.8. The quantitative estimate of drug-likeness (QED) is 0.864. The van der Waals surface area contributed by atoms with Crippen molar-refractivity contribution in [3.8, 4) is 11.8 Å². The van der Waals surface area contributed by atoms with Crippen molar-refractivity contribution in [1.82, 2.24) is 5.32 Å². The van der Waals surface area contributed by atoms with Gasteiger partial charge in [0.25, 0.3) is 5.91 Å². The van der Waals surface area contributed by atoms with E-state index in [9.17, 15) is 4.79 Å². The molecule has 4 rings (SSSR count). The lowest BCUT2D eigenvalue weighted by molar-refractivity contribution is -0.480. The Morgan fingerprint density at radius 3 is 2.30 bits per heavy atom. The zero-order chi connectivity index (χ0) is 16.3. The van der Waals surface area contributed by atoms with Gasteiger partial charge in [0.1, 0.15) is 0 Å². The molecule has 2 bridgehead atoms. The molecule has 0 unspecified atom stereocenters. The summed E-state index contributed by atoms with van der Waals surface area (Å²) < 4.78 is 17.8. The van der Waals surface area contributed by atoms with Crippen LogP contribution in [0.15, 0.2) is 24.3 Å². The molecule has 1 N–H and O–H groups in total. The van der Waals surface area contributed by atoms with E-state index in [4.69, 9.17) is 14.2 Å². The van der Waals surface area contributed by atoms with E-state index >= 15 is 0 Å². The molecule has 0 spiro atoms. The van der Waals surface area contributed by atoms with Gasteiger partial charge < -0.3 is 19.5 Å². The number of benzene rings is 1. The fourth-order valence-corrected chi connectivity index (χ4v) is 2.94. The summed E-state index contributed by atoms with van der Waals surface area (Å²) >= 11 is 0. The molecule has 0 aromatic heterocycles. The summed E-state index contributed by atoms with van der Waals surface area (Å²) in [7, 11) is 1.55. The maximum atomic E-state index is 11.1. The van der Waals surface area contributed by atoms with Gasteiger partial charge >= 0.3 is 5.97 Å². The Hall–Kier alpha value is -1.87. The van der Waals surface area contributed by atoms with Crippen molar-refractivity contribution in [2.45, 2.75) is 25.7 Å². The lowest BCUT2D eigenvalue weighted by Crippen LogP contribution is -2.58. The van der Waals surface area contributed by atoms with Gasteiger partial charge in [-0.2, -0.15) is 0 Å². The minimum absolute atomic E-state index is 0.00453. The highest BCUT2D eigenvalue weighted by Gasteiger charge is 2.53. The van der Waals surface area contributed by atoms with Gasteiger partial charge in [-0.05, 0) is 30.7 Å². The van der Waals surface area contributed by atoms with Gasteiger partial charge in [-0.1, -0.05) is 19.3 Å². The van der Waals surface area contributed by atoms with Gasteiger partial charge in [-0.3, -0.25) is 4.79 Å². The van der Waals surface area contributed by atoms with E-state index in [0.717, 1.165) is 24.0 Å². The van der Waals surface area contributed by atoms with Crippen LogP contribution in [0.4, 0.5) is 0 Å². The smallest absolute Gasteiger partial charge is 0.312 e. The van der Waals surface area contributed by atoms with Crippen molar-refractivity contribution in [3.63, 3.8) is 0 Å². The molecule has 0 aliphatic carbocycles. The highest BCUT2D eigenvalue weighted by Crippen LogP contribution is 2.46. The third-order valence-corrected chi connectivity index (χ3v) is 4.27. The van der Waals surface area contributed by atoms with E-state index in [0.29, 0.717) is 19.8 Å². The SMILES string of the molecule is CCCC12COC(c3ccc(C#CC(=O)NC)cc3)(OC1)OC2. The van der Waals surface area contributed by atoms with E-state index in [2.05, 4.69) is 24.1 Å². The Morgan fingerprint density at radius 1 is 1.17 bits per heavy atom. The summed E-state index contributed by atoms with van der Waals surface area (Å²) in [6, 6.07) is 7.40. The Labute approximate surface area is 136 Å². The van der Waals surface area contributed by atoms with Crippen LogP contribution in [0.1, 0.15) is 30.9 Å². The minimum Gasteiger partial charge on any atom is -0.348 e. The number of nitrogens with one attached hydrogen (secondary N) is 1. The molecule has 3 heterocycles. The van der Waals surface area contributed by atoms with Crippen LogP contribution in [-0.2, 0) is 25.0 Å². The summed E-state index contributed by atoms with van der Waals surface area (Å²) in [6.45, 7) is 4.11. The molecule has 1 aromatic carbocycles. The largest absolute Gasteiger partial charge is 0.348 e. The molecule has 3 fully saturated rings. The molecule has 5 heteroatoms. The summed E-state index contributed by atoms with van der Waals surface area (Å²) in [4.78, 5) is 11.1. The first-order valence-corrected chi connectivity index (χ1v) is 7.88. The van der Waals surface area contributed by atoms with Gasteiger partial charge in [0.2, 0.25) is 0 Å². The molecule has 1 amide bonds. The highest BCUT2D eigenvalue weighted by atomic mass is 16.9. The summed E-state index contributed by atoms with van der Waals surface area (Å²) in [6.07, 6.45) is 2.12. The maximum absolute atomic E-state index is 11.1. The number of fused-ring (bicyclic) bond motifs is 3. The van der Waals surface area contributed by atoms with Crippen LogP contribution in [0, 0.1) is 17.3 Å². The van der Waals surface area contributed by atoms with Crippen LogP contribution in [0.3, 0.4) is 0 Å². The molecule has 1 aromatic rings. The number of carbonyl (C=O) groups is 1. The molecule has 122 valence electrons. The molecule has 3 aliphatic heterocycles. The Bertz CT molecular complexity index is 617. The van der Waals surface area contributed by atoms with Crippen molar-refractivity contribution < 1.29 is 19.0 Å². The first-order valence-electron chi connectivity index (χ1n) is 7.88. The Morgan fingerprint density at radius 2 is 1.78 bits per heavy atom. The van der Waals surface area contributed by atoms with Crippen molar-refractivity contribution in [2.75, 3.05) is 26.9 Å².